The molecule has 0 radical (unpaired) electrons. The standard InChI is InChI=1S/C10H11O/c1-8-4-2-5-9-6-3-7-11-10(8)9/h2,4-5H,1,3,6-7H2/q+1. The molecule has 1 aromatic carbocycles. The summed E-state index contributed by atoms with van der Waals surface area (Å²) in [6.07, 6.45) is 2.27. The van der Waals surface area contributed by atoms with Crippen molar-refractivity contribution >= 4 is 6.58 Å². The van der Waals surface area contributed by atoms with E-state index < -0.39 is 0 Å². The summed E-state index contributed by atoms with van der Waals surface area (Å²) in [6.45, 7) is 4.76. The molecule has 1 heterocycles. The highest BCUT2D eigenvalue weighted by molar-refractivity contribution is 5.22. The number of benzene rings is 1. The number of hydrogen-bond donors (Lipinski definition) is 0. The predicted octanol–water partition coefficient (Wildman–Crippen LogP) is 0.658. The molecule has 0 saturated heterocycles. The molecule has 0 saturated carbocycles. The fraction of sp³-hybridized carbons (Fsp3) is 0.300. The molecule has 0 spiro atoms. The van der Waals surface area contributed by atoms with Gasteiger partial charge in [0.05, 0.1) is 10.8 Å². The zero-order valence-corrected chi connectivity index (χ0v) is 6.47. The summed E-state index contributed by atoms with van der Waals surface area (Å²) in [7, 11) is 0. The average molecular weight is 147 g/mol. The van der Waals surface area contributed by atoms with E-state index in [0.29, 0.717) is 0 Å². The van der Waals surface area contributed by atoms with E-state index in [1.807, 2.05) is 12.1 Å². The summed E-state index contributed by atoms with van der Waals surface area (Å²) < 4.78 is 5.49. The van der Waals surface area contributed by atoms with Crippen molar-refractivity contribution in [2.24, 2.45) is 0 Å². The van der Waals surface area contributed by atoms with Gasteiger partial charge in [-0.2, -0.15) is 0 Å². The number of hydrogen-bond acceptors (Lipinski definition) is 0. The smallest absolute Gasteiger partial charge is 0.254 e. The molecule has 0 aliphatic carbocycles. The topological polar surface area (TPSA) is 11.3 Å². The fourth-order valence-electron chi connectivity index (χ4n) is 1.46. The molecule has 0 N–H and O–H groups in total. The van der Waals surface area contributed by atoms with Crippen molar-refractivity contribution in [3.8, 4) is 0 Å². The van der Waals surface area contributed by atoms with Crippen molar-refractivity contribution in [3.63, 3.8) is 0 Å². The maximum absolute atomic E-state index is 5.49. The van der Waals surface area contributed by atoms with Crippen LogP contribution in [0.4, 0.5) is 0 Å². The second kappa shape index (κ2) is 2.50. The monoisotopic (exact) mass is 147 g/mol. The quantitative estimate of drug-likeness (QED) is 0.478. The minimum absolute atomic E-state index is 0.847. The minimum atomic E-state index is 0.847. The molecule has 1 aromatic rings. The van der Waals surface area contributed by atoms with Gasteiger partial charge in [0.25, 0.3) is 6.61 Å². The minimum Gasteiger partial charge on any atom is -0.254 e. The normalized spacial score (nSPS) is 15.3. The van der Waals surface area contributed by atoms with Crippen molar-refractivity contribution in [3.05, 3.63) is 38.8 Å². The van der Waals surface area contributed by atoms with Gasteiger partial charge in [-0.3, -0.25) is 4.42 Å². The fourth-order valence-corrected chi connectivity index (χ4v) is 1.46. The number of rotatable bonds is 0. The Morgan fingerprint density at radius 3 is 3.09 bits per heavy atom. The predicted molar refractivity (Wildman–Crippen MR) is 46.6 cm³/mol. The van der Waals surface area contributed by atoms with Crippen LogP contribution in [-0.4, -0.2) is 6.61 Å². The van der Waals surface area contributed by atoms with E-state index in [1.54, 1.807) is 0 Å². The Hall–Kier alpha value is -1.11. The Labute approximate surface area is 65.7 Å². The Morgan fingerprint density at radius 2 is 2.27 bits per heavy atom. The molecule has 0 bridgehead atoms. The molecule has 11 heavy (non-hydrogen) atoms. The van der Waals surface area contributed by atoms with Gasteiger partial charge >= 0.3 is 5.43 Å². The molecule has 1 aliphatic rings. The first-order valence-corrected chi connectivity index (χ1v) is 3.94. The van der Waals surface area contributed by atoms with Crippen LogP contribution < -0.4 is 10.6 Å². The second-order valence-corrected chi connectivity index (χ2v) is 2.86. The molecule has 0 unspecified atom stereocenters. The van der Waals surface area contributed by atoms with Gasteiger partial charge < -0.3 is 0 Å². The van der Waals surface area contributed by atoms with Gasteiger partial charge in [-0.15, -0.1) is 0 Å². The third kappa shape index (κ3) is 1.07. The number of fused-ring (bicyclic) bond motifs is 1. The molecule has 0 amide bonds. The third-order valence-corrected chi connectivity index (χ3v) is 2.01. The van der Waals surface area contributed by atoms with Crippen LogP contribution >= 0.6 is 0 Å². The van der Waals surface area contributed by atoms with Crippen molar-refractivity contribution in [2.75, 3.05) is 6.61 Å². The summed E-state index contributed by atoms with van der Waals surface area (Å²) in [5, 5.41) is 1.02. The molecule has 2 rings (SSSR count). The van der Waals surface area contributed by atoms with Gasteiger partial charge in [-0.05, 0) is 18.6 Å². The van der Waals surface area contributed by atoms with E-state index in [0.717, 1.165) is 30.1 Å². The van der Waals surface area contributed by atoms with Crippen molar-refractivity contribution in [1.29, 1.82) is 0 Å². The maximum atomic E-state index is 5.49. The molecule has 1 nitrogen and oxygen atoms in total. The lowest BCUT2D eigenvalue weighted by molar-refractivity contribution is 0.833. The van der Waals surface area contributed by atoms with Crippen LogP contribution in [0.15, 0.2) is 22.6 Å². The highest BCUT2D eigenvalue weighted by Crippen LogP contribution is 1.99. The van der Waals surface area contributed by atoms with E-state index in [2.05, 4.69) is 12.6 Å². The molecule has 56 valence electrons. The van der Waals surface area contributed by atoms with Crippen LogP contribution in [0.5, 0.6) is 0 Å². The third-order valence-electron chi connectivity index (χ3n) is 2.01. The Bertz CT molecular complexity index is 365. The molecular weight excluding hydrogens is 136 g/mol. The Balaban J connectivity index is 2.80. The van der Waals surface area contributed by atoms with Gasteiger partial charge in [0.1, 0.15) is 0 Å². The van der Waals surface area contributed by atoms with E-state index in [4.69, 9.17) is 4.42 Å². The largest absolute Gasteiger partial charge is 0.353 e. The lowest BCUT2D eigenvalue weighted by atomic mass is 10.1. The first-order chi connectivity index (χ1) is 5.38. The highest BCUT2D eigenvalue weighted by Gasteiger charge is 2.11. The first-order valence-electron chi connectivity index (χ1n) is 3.94. The molecule has 1 aliphatic heterocycles. The van der Waals surface area contributed by atoms with E-state index >= 15 is 0 Å². The molecule has 0 fully saturated rings. The highest BCUT2D eigenvalue weighted by atomic mass is 16.4. The van der Waals surface area contributed by atoms with Gasteiger partial charge in [-0.25, -0.2) is 0 Å². The van der Waals surface area contributed by atoms with Crippen LogP contribution in [-0.2, 0) is 6.42 Å². The van der Waals surface area contributed by atoms with Gasteiger partial charge in [0.15, 0.2) is 0 Å². The van der Waals surface area contributed by atoms with Crippen LogP contribution in [0.1, 0.15) is 12.0 Å². The Kier molecular flexibility index (Phi) is 1.50. The van der Waals surface area contributed by atoms with Gasteiger partial charge in [-0.1, -0.05) is 12.6 Å². The van der Waals surface area contributed by atoms with E-state index in [1.165, 1.54) is 5.56 Å². The number of para-hydroxylation sites is 1. The zero-order valence-electron chi connectivity index (χ0n) is 6.47. The number of aryl methyl sites for hydroxylation is 1. The van der Waals surface area contributed by atoms with E-state index in [9.17, 15) is 0 Å². The average Bonchev–Trinajstić information content (AvgIpc) is 2.06. The summed E-state index contributed by atoms with van der Waals surface area (Å²) in [5.74, 6) is 0. The molecule has 0 atom stereocenters. The van der Waals surface area contributed by atoms with Crippen LogP contribution in [0, 0.1) is 0 Å². The lowest BCUT2D eigenvalue weighted by Gasteiger charge is -1.97. The van der Waals surface area contributed by atoms with Crippen LogP contribution in [0.3, 0.4) is 0 Å². The van der Waals surface area contributed by atoms with E-state index in [-0.39, 0.29) is 0 Å². The Morgan fingerprint density at radius 1 is 1.36 bits per heavy atom. The summed E-state index contributed by atoms with van der Waals surface area (Å²) in [4.78, 5) is 0. The zero-order chi connectivity index (χ0) is 7.68. The SMILES string of the molecule is C=c1cccc2c1=[O+]CCC2. The van der Waals surface area contributed by atoms with Gasteiger partial charge in [0.2, 0.25) is 0 Å². The summed E-state index contributed by atoms with van der Waals surface area (Å²) in [5.41, 5.74) is 2.32. The maximum Gasteiger partial charge on any atom is 0.353 e. The van der Waals surface area contributed by atoms with Crippen LogP contribution in [0.25, 0.3) is 6.58 Å². The summed E-state index contributed by atoms with van der Waals surface area (Å²) >= 11 is 0. The molecular formula is C10H11O+. The van der Waals surface area contributed by atoms with Crippen molar-refractivity contribution in [2.45, 2.75) is 12.8 Å². The van der Waals surface area contributed by atoms with Gasteiger partial charge in [0, 0.05) is 6.42 Å². The lowest BCUT2D eigenvalue weighted by Crippen LogP contribution is -2.30. The molecule has 1 heteroatoms. The van der Waals surface area contributed by atoms with Crippen LogP contribution in [0.2, 0.25) is 0 Å². The molecule has 0 aromatic heterocycles. The van der Waals surface area contributed by atoms with Crippen molar-refractivity contribution < 1.29 is 0 Å². The van der Waals surface area contributed by atoms with Crippen molar-refractivity contribution in [1.82, 2.24) is 0 Å². The second-order valence-electron chi connectivity index (χ2n) is 2.86. The summed E-state index contributed by atoms with van der Waals surface area (Å²) in [6, 6.07) is 6.14. The first kappa shape index (κ1) is 6.59.